The number of rotatable bonds is 6. The number of hydrogen-bond acceptors (Lipinski definition) is 4. The van der Waals surface area contributed by atoms with Crippen molar-refractivity contribution in [2.45, 2.75) is 18.0 Å². The lowest BCUT2D eigenvalue weighted by Gasteiger charge is -2.08. The fraction of sp³-hybridized carbons (Fsp3) is 0.125. The van der Waals surface area contributed by atoms with Crippen LogP contribution in [0.15, 0.2) is 66.1 Å². The van der Waals surface area contributed by atoms with Crippen LogP contribution in [0.3, 0.4) is 0 Å². The Morgan fingerprint density at radius 2 is 1.83 bits per heavy atom. The monoisotopic (exact) mass is 346 g/mol. The van der Waals surface area contributed by atoms with Crippen molar-refractivity contribution >= 4 is 10.0 Å². The van der Waals surface area contributed by atoms with Crippen molar-refractivity contribution < 1.29 is 12.8 Å². The second-order valence-electron chi connectivity index (χ2n) is 5.19. The van der Waals surface area contributed by atoms with E-state index in [1.165, 1.54) is 24.5 Å². The largest absolute Gasteiger partial charge is 0.249 e. The van der Waals surface area contributed by atoms with Crippen molar-refractivity contribution in [1.29, 1.82) is 0 Å². The van der Waals surface area contributed by atoms with Crippen molar-refractivity contribution in [3.8, 4) is 0 Å². The maximum atomic E-state index is 13.2. The summed E-state index contributed by atoms with van der Waals surface area (Å²) in [7, 11) is -3.74. The molecule has 1 N–H and O–H groups in total. The Hall–Kier alpha value is -2.58. The number of halogens is 1. The average Bonchev–Trinajstić information content (AvgIpc) is 3.07. The number of benzene rings is 2. The van der Waals surface area contributed by atoms with Crippen LogP contribution in [0, 0.1) is 5.82 Å². The van der Waals surface area contributed by atoms with E-state index in [9.17, 15) is 12.8 Å². The molecule has 0 aliphatic heterocycles. The highest BCUT2D eigenvalue weighted by molar-refractivity contribution is 7.89. The molecule has 0 saturated carbocycles. The normalized spacial score (nSPS) is 11.5. The average molecular weight is 346 g/mol. The molecular formula is C16H15FN4O2S. The predicted molar refractivity (Wildman–Crippen MR) is 86.0 cm³/mol. The van der Waals surface area contributed by atoms with E-state index in [0.717, 1.165) is 17.2 Å². The van der Waals surface area contributed by atoms with Gasteiger partial charge in [-0.3, -0.25) is 0 Å². The van der Waals surface area contributed by atoms with Crippen LogP contribution < -0.4 is 4.72 Å². The van der Waals surface area contributed by atoms with Gasteiger partial charge in [-0.1, -0.05) is 30.3 Å². The van der Waals surface area contributed by atoms with Gasteiger partial charge in [-0.2, -0.15) is 5.10 Å². The SMILES string of the molecule is O=S(=O)(NCc1ccc(Cn2cncn2)cc1)c1cccc(F)c1. The van der Waals surface area contributed by atoms with Crippen LogP contribution in [0.1, 0.15) is 11.1 Å². The van der Waals surface area contributed by atoms with E-state index in [1.807, 2.05) is 24.3 Å². The van der Waals surface area contributed by atoms with Crippen molar-refractivity contribution in [1.82, 2.24) is 19.5 Å². The van der Waals surface area contributed by atoms with Gasteiger partial charge in [-0.15, -0.1) is 0 Å². The minimum Gasteiger partial charge on any atom is -0.249 e. The molecule has 1 heterocycles. The van der Waals surface area contributed by atoms with E-state index in [4.69, 9.17) is 0 Å². The first-order valence-electron chi connectivity index (χ1n) is 7.18. The Balaban J connectivity index is 1.64. The molecule has 1 aromatic heterocycles. The first kappa shape index (κ1) is 16.3. The van der Waals surface area contributed by atoms with Gasteiger partial charge in [0.05, 0.1) is 11.4 Å². The first-order valence-corrected chi connectivity index (χ1v) is 8.67. The topological polar surface area (TPSA) is 76.9 Å². The summed E-state index contributed by atoms with van der Waals surface area (Å²) in [6.45, 7) is 0.720. The molecule has 0 aliphatic carbocycles. The summed E-state index contributed by atoms with van der Waals surface area (Å²) in [4.78, 5) is 3.78. The molecule has 0 spiro atoms. The van der Waals surface area contributed by atoms with Crippen LogP contribution in [0.25, 0.3) is 0 Å². The molecule has 3 rings (SSSR count). The highest BCUT2D eigenvalue weighted by Crippen LogP contribution is 2.12. The number of sulfonamides is 1. The zero-order chi connectivity index (χ0) is 17.0. The van der Waals surface area contributed by atoms with Gasteiger partial charge < -0.3 is 0 Å². The van der Waals surface area contributed by atoms with Gasteiger partial charge in [0, 0.05) is 6.54 Å². The van der Waals surface area contributed by atoms with Crippen LogP contribution >= 0.6 is 0 Å². The molecule has 124 valence electrons. The third-order valence-corrected chi connectivity index (χ3v) is 4.81. The fourth-order valence-corrected chi connectivity index (χ4v) is 3.21. The standard InChI is InChI=1S/C16H15FN4O2S/c17-15-2-1-3-16(8-15)24(22,23)20-9-13-4-6-14(7-5-13)10-21-12-18-11-19-21/h1-8,11-12,20H,9-10H2. The van der Waals surface area contributed by atoms with Gasteiger partial charge in [0.25, 0.3) is 0 Å². The summed E-state index contributed by atoms with van der Waals surface area (Å²) in [6, 6.07) is 12.4. The molecular weight excluding hydrogens is 331 g/mol. The summed E-state index contributed by atoms with van der Waals surface area (Å²) in [5.74, 6) is -0.588. The van der Waals surface area contributed by atoms with Crippen molar-refractivity contribution in [3.05, 3.63) is 78.1 Å². The van der Waals surface area contributed by atoms with Gasteiger partial charge >= 0.3 is 0 Å². The molecule has 0 unspecified atom stereocenters. The minimum absolute atomic E-state index is 0.0923. The predicted octanol–water partition coefficient (Wildman–Crippen LogP) is 1.94. The summed E-state index contributed by atoms with van der Waals surface area (Å²) in [5, 5.41) is 4.03. The summed E-state index contributed by atoms with van der Waals surface area (Å²) >= 11 is 0. The van der Waals surface area contributed by atoms with E-state index in [0.29, 0.717) is 6.54 Å². The van der Waals surface area contributed by atoms with Crippen molar-refractivity contribution in [2.75, 3.05) is 0 Å². The minimum atomic E-state index is -3.74. The van der Waals surface area contributed by atoms with E-state index in [-0.39, 0.29) is 11.4 Å². The van der Waals surface area contributed by atoms with Crippen LogP contribution in [0.2, 0.25) is 0 Å². The lowest BCUT2D eigenvalue weighted by Crippen LogP contribution is -2.23. The molecule has 0 radical (unpaired) electrons. The lowest BCUT2D eigenvalue weighted by atomic mass is 10.1. The second-order valence-corrected chi connectivity index (χ2v) is 6.96. The Labute approximate surface area is 139 Å². The smallest absolute Gasteiger partial charge is 0.240 e. The third kappa shape index (κ3) is 4.03. The molecule has 0 amide bonds. The quantitative estimate of drug-likeness (QED) is 0.740. The van der Waals surface area contributed by atoms with Gasteiger partial charge in [0.1, 0.15) is 18.5 Å². The van der Waals surface area contributed by atoms with E-state index >= 15 is 0 Å². The second kappa shape index (κ2) is 6.90. The maximum absolute atomic E-state index is 13.2. The third-order valence-electron chi connectivity index (χ3n) is 3.41. The molecule has 0 saturated heterocycles. The van der Waals surface area contributed by atoms with E-state index < -0.39 is 15.8 Å². The summed E-state index contributed by atoms with van der Waals surface area (Å²) in [6.07, 6.45) is 3.09. The van der Waals surface area contributed by atoms with Crippen LogP contribution in [-0.4, -0.2) is 23.2 Å². The van der Waals surface area contributed by atoms with Crippen LogP contribution in [-0.2, 0) is 23.1 Å². The van der Waals surface area contributed by atoms with Gasteiger partial charge in [-0.05, 0) is 29.3 Å². The zero-order valence-corrected chi connectivity index (χ0v) is 13.4. The molecule has 6 nitrogen and oxygen atoms in total. The van der Waals surface area contributed by atoms with E-state index in [2.05, 4.69) is 14.8 Å². The van der Waals surface area contributed by atoms with Crippen LogP contribution in [0.4, 0.5) is 4.39 Å². The molecule has 2 aromatic carbocycles. The Bertz CT molecular complexity index is 910. The molecule has 24 heavy (non-hydrogen) atoms. The number of aromatic nitrogens is 3. The summed E-state index contributed by atoms with van der Waals surface area (Å²) < 4.78 is 41.6. The molecule has 0 bridgehead atoms. The molecule has 0 atom stereocenters. The van der Waals surface area contributed by atoms with Gasteiger partial charge in [0.15, 0.2) is 0 Å². The Kier molecular flexibility index (Phi) is 4.68. The highest BCUT2D eigenvalue weighted by Gasteiger charge is 2.14. The first-order chi connectivity index (χ1) is 11.5. The molecule has 8 heteroatoms. The highest BCUT2D eigenvalue weighted by atomic mass is 32.2. The molecule has 0 fully saturated rings. The molecule has 0 aliphatic rings. The Morgan fingerprint density at radius 1 is 1.08 bits per heavy atom. The number of nitrogens with one attached hydrogen (secondary N) is 1. The Morgan fingerprint density at radius 3 is 2.50 bits per heavy atom. The van der Waals surface area contributed by atoms with E-state index in [1.54, 1.807) is 11.0 Å². The lowest BCUT2D eigenvalue weighted by molar-refractivity contribution is 0.577. The van der Waals surface area contributed by atoms with Crippen LogP contribution in [0.5, 0.6) is 0 Å². The van der Waals surface area contributed by atoms with Crippen molar-refractivity contribution in [2.24, 2.45) is 0 Å². The maximum Gasteiger partial charge on any atom is 0.240 e. The number of hydrogen-bond donors (Lipinski definition) is 1. The summed E-state index contributed by atoms with van der Waals surface area (Å²) in [5.41, 5.74) is 1.83. The number of nitrogens with zero attached hydrogens (tertiary/aromatic N) is 3. The van der Waals surface area contributed by atoms with Gasteiger partial charge in [-0.25, -0.2) is 27.2 Å². The molecule has 3 aromatic rings. The fourth-order valence-electron chi connectivity index (χ4n) is 2.16. The van der Waals surface area contributed by atoms with Crippen molar-refractivity contribution in [3.63, 3.8) is 0 Å². The van der Waals surface area contributed by atoms with Gasteiger partial charge in [0.2, 0.25) is 10.0 Å². The zero-order valence-electron chi connectivity index (χ0n) is 12.6.